The number of thioether (sulfide) groups is 1. The van der Waals surface area contributed by atoms with Crippen molar-refractivity contribution in [1.82, 2.24) is 0 Å². The van der Waals surface area contributed by atoms with Gasteiger partial charge in [0.05, 0.1) is 0 Å². The second-order valence-electron chi connectivity index (χ2n) is 3.82. The molecule has 15 heavy (non-hydrogen) atoms. The first-order chi connectivity index (χ1) is 7.36. The van der Waals surface area contributed by atoms with Crippen LogP contribution in [-0.2, 0) is 0 Å². The third-order valence-corrected chi connectivity index (χ3v) is 3.84. The van der Waals surface area contributed by atoms with Crippen LogP contribution in [0.1, 0.15) is 12.0 Å². The number of amidine groups is 1. The Labute approximate surface area is 95.0 Å². The Balaban J connectivity index is 1.95. The molecule has 1 saturated heterocycles. The van der Waals surface area contributed by atoms with Gasteiger partial charge in [0.25, 0.3) is 0 Å². The van der Waals surface area contributed by atoms with Crippen molar-refractivity contribution >= 4 is 17.6 Å². The van der Waals surface area contributed by atoms with Gasteiger partial charge in [-0.25, -0.2) is 0 Å². The van der Waals surface area contributed by atoms with E-state index in [9.17, 15) is 0 Å². The average Bonchev–Trinajstić information content (AvgIpc) is 2.80. The lowest BCUT2D eigenvalue weighted by molar-refractivity contribution is 0.613. The summed E-state index contributed by atoms with van der Waals surface area (Å²) in [6.07, 6.45) is 1.29. The molecule has 2 nitrogen and oxygen atoms in total. The summed E-state index contributed by atoms with van der Waals surface area (Å²) in [7, 11) is 0. The summed E-state index contributed by atoms with van der Waals surface area (Å²) in [5.41, 5.74) is 6.95. The number of hydrogen-bond acceptors (Lipinski definition) is 2. The molecule has 0 saturated carbocycles. The van der Waals surface area contributed by atoms with Gasteiger partial charge in [-0.2, -0.15) is 11.8 Å². The van der Waals surface area contributed by atoms with Gasteiger partial charge >= 0.3 is 0 Å². The zero-order valence-corrected chi connectivity index (χ0v) is 9.54. The first kappa shape index (κ1) is 10.6. The summed E-state index contributed by atoms with van der Waals surface area (Å²) >= 11 is 2.02. The highest BCUT2D eigenvalue weighted by Gasteiger charge is 2.14. The molecule has 1 heterocycles. The minimum Gasteiger partial charge on any atom is -0.384 e. The molecule has 2 N–H and O–H groups in total. The molecule has 2 rings (SSSR count). The number of nitrogens with zero attached hydrogens (tertiary/aromatic N) is 1. The molecule has 0 spiro atoms. The van der Waals surface area contributed by atoms with Gasteiger partial charge in [0.15, 0.2) is 0 Å². The fraction of sp³-hybridized carbons (Fsp3) is 0.417. The zero-order valence-electron chi connectivity index (χ0n) is 8.73. The van der Waals surface area contributed by atoms with E-state index in [0.717, 1.165) is 18.0 Å². The molecule has 1 atom stereocenters. The molecule has 3 heteroatoms. The first-order valence-electron chi connectivity index (χ1n) is 5.29. The molecule has 1 unspecified atom stereocenters. The van der Waals surface area contributed by atoms with E-state index in [2.05, 4.69) is 4.99 Å². The van der Waals surface area contributed by atoms with Crippen LogP contribution in [0.4, 0.5) is 0 Å². The maximum atomic E-state index is 5.92. The molecule has 1 aromatic carbocycles. The number of aliphatic imine (C=N–C) groups is 1. The predicted molar refractivity (Wildman–Crippen MR) is 67.5 cm³/mol. The molecule has 80 valence electrons. The van der Waals surface area contributed by atoms with E-state index in [4.69, 9.17) is 5.73 Å². The van der Waals surface area contributed by atoms with Gasteiger partial charge in [0, 0.05) is 12.1 Å². The van der Waals surface area contributed by atoms with Crippen molar-refractivity contribution in [3.8, 4) is 0 Å². The highest BCUT2D eigenvalue weighted by molar-refractivity contribution is 7.99. The van der Waals surface area contributed by atoms with Crippen molar-refractivity contribution in [2.45, 2.75) is 6.42 Å². The minimum absolute atomic E-state index is 0.674. The highest BCUT2D eigenvalue weighted by atomic mass is 32.2. The normalized spacial score (nSPS) is 21.9. The molecular formula is C12H16N2S. The summed E-state index contributed by atoms with van der Waals surface area (Å²) < 4.78 is 0. The Morgan fingerprint density at radius 1 is 1.40 bits per heavy atom. The Hall–Kier alpha value is -0.960. The fourth-order valence-electron chi connectivity index (χ4n) is 1.65. The topological polar surface area (TPSA) is 38.4 Å². The van der Waals surface area contributed by atoms with Crippen LogP contribution in [0.3, 0.4) is 0 Å². The summed E-state index contributed by atoms with van der Waals surface area (Å²) in [6, 6.07) is 9.97. The highest BCUT2D eigenvalue weighted by Crippen LogP contribution is 2.23. The smallest absolute Gasteiger partial charge is 0.125 e. The molecular weight excluding hydrogens is 204 g/mol. The van der Waals surface area contributed by atoms with Crippen LogP contribution in [0.5, 0.6) is 0 Å². The Kier molecular flexibility index (Phi) is 3.67. The third-order valence-electron chi connectivity index (χ3n) is 2.61. The summed E-state index contributed by atoms with van der Waals surface area (Å²) in [4.78, 5) is 4.46. The van der Waals surface area contributed by atoms with Crippen molar-refractivity contribution in [1.29, 1.82) is 0 Å². The van der Waals surface area contributed by atoms with Crippen molar-refractivity contribution < 1.29 is 0 Å². The van der Waals surface area contributed by atoms with Crippen LogP contribution < -0.4 is 5.73 Å². The van der Waals surface area contributed by atoms with Crippen LogP contribution in [0, 0.1) is 5.92 Å². The van der Waals surface area contributed by atoms with E-state index >= 15 is 0 Å². The standard InChI is InChI=1S/C12H16N2S/c13-12(11-4-2-1-3-5-11)14-8-10-6-7-15-9-10/h1-5,10H,6-9H2,(H2,13,14). The van der Waals surface area contributed by atoms with Crippen LogP contribution in [-0.4, -0.2) is 23.9 Å². The monoisotopic (exact) mass is 220 g/mol. The van der Waals surface area contributed by atoms with E-state index in [0.29, 0.717) is 5.84 Å². The van der Waals surface area contributed by atoms with Gasteiger partial charge in [-0.15, -0.1) is 0 Å². The third kappa shape index (κ3) is 2.99. The van der Waals surface area contributed by atoms with Crippen molar-refractivity contribution in [2.75, 3.05) is 18.1 Å². The van der Waals surface area contributed by atoms with E-state index in [1.807, 2.05) is 42.1 Å². The molecule has 0 aliphatic carbocycles. The van der Waals surface area contributed by atoms with Gasteiger partial charge in [-0.3, -0.25) is 4.99 Å². The number of rotatable bonds is 3. The van der Waals surface area contributed by atoms with E-state index in [1.54, 1.807) is 0 Å². The number of benzene rings is 1. The molecule has 0 aromatic heterocycles. The molecule has 1 fully saturated rings. The molecule has 1 aliphatic heterocycles. The quantitative estimate of drug-likeness (QED) is 0.626. The molecule has 1 aliphatic rings. The van der Waals surface area contributed by atoms with Gasteiger partial charge in [-0.05, 0) is 23.8 Å². The Morgan fingerprint density at radius 2 is 2.20 bits per heavy atom. The van der Waals surface area contributed by atoms with Gasteiger partial charge < -0.3 is 5.73 Å². The van der Waals surface area contributed by atoms with E-state index in [-0.39, 0.29) is 0 Å². The van der Waals surface area contributed by atoms with Crippen LogP contribution in [0.15, 0.2) is 35.3 Å². The lowest BCUT2D eigenvalue weighted by Gasteiger charge is -2.05. The molecule has 0 bridgehead atoms. The second kappa shape index (κ2) is 5.21. The van der Waals surface area contributed by atoms with E-state index in [1.165, 1.54) is 17.9 Å². The largest absolute Gasteiger partial charge is 0.384 e. The second-order valence-corrected chi connectivity index (χ2v) is 4.97. The molecule has 0 radical (unpaired) electrons. The van der Waals surface area contributed by atoms with Crippen molar-refractivity contribution in [3.63, 3.8) is 0 Å². The van der Waals surface area contributed by atoms with Crippen molar-refractivity contribution in [3.05, 3.63) is 35.9 Å². The SMILES string of the molecule is NC(=NCC1CCSC1)c1ccccc1. The molecule has 0 amide bonds. The predicted octanol–water partition coefficient (Wildman–Crippen LogP) is 2.15. The van der Waals surface area contributed by atoms with E-state index < -0.39 is 0 Å². The Bertz CT molecular complexity index is 329. The maximum absolute atomic E-state index is 5.92. The van der Waals surface area contributed by atoms with Crippen LogP contribution >= 0.6 is 11.8 Å². The lowest BCUT2D eigenvalue weighted by Crippen LogP contribution is -2.15. The van der Waals surface area contributed by atoms with Gasteiger partial charge in [-0.1, -0.05) is 30.3 Å². The fourth-order valence-corrected chi connectivity index (χ4v) is 2.93. The first-order valence-corrected chi connectivity index (χ1v) is 6.45. The summed E-state index contributed by atoms with van der Waals surface area (Å²) in [5, 5.41) is 0. The minimum atomic E-state index is 0.674. The lowest BCUT2D eigenvalue weighted by atomic mass is 10.1. The summed E-state index contributed by atoms with van der Waals surface area (Å²) in [5.74, 6) is 3.93. The number of hydrogen-bond donors (Lipinski definition) is 1. The Morgan fingerprint density at radius 3 is 2.87 bits per heavy atom. The molecule has 1 aromatic rings. The van der Waals surface area contributed by atoms with Crippen molar-refractivity contribution in [2.24, 2.45) is 16.6 Å². The number of nitrogens with two attached hydrogens (primary N) is 1. The van der Waals surface area contributed by atoms with Crippen LogP contribution in [0.2, 0.25) is 0 Å². The maximum Gasteiger partial charge on any atom is 0.125 e. The van der Waals surface area contributed by atoms with Gasteiger partial charge in [0.1, 0.15) is 5.84 Å². The average molecular weight is 220 g/mol. The van der Waals surface area contributed by atoms with Crippen LogP contribution in [0.25, 0.3) is 0 Å². The summed E-state index contributed by atoms with van der Waals surface area (Å²) in [6.45, 7) is 0.883. The zero-order chi connectivity index (χ0) is 10.5. The van der Waals surface area contributed by atoms with Gasteiger partial charge in [0.2, 0.25) is 0 Å².